The van der Waals surface area contributed by atoms with Gasteiger partial charge in [-0.25, -0.2) is 9.07 Å². The molecule has 8 nitrogen and oxygen atoms in total. The largest absolute Gasteiger partial charge is 0.334 e. The second-order valence-electron chi connectivity index (χ2n) is 7.62. The third kappa shape index (κ3) is 4.41. The fourth-order valence-electron chi connectivity index (χ4n) is 3.68. The molecule has 0 aliphatic heterocycles. The van der Waals surface area contributed by atoms with Crippen molar-refractivity contribution >= 4 is 5.91 Å². The highest BCUT2D eigenvalue weighted by atomic mass is 19.1. The summed E-state index contributed by atoms with van der Waals surface area (Å²) in [5.41, 5.74) is 3.38. The summed E-state index contributed by atoms with van der Waals surface area (Å²) in [5, 5.41) is 16.7. The van der Waals surface area contributed by atoms with Gasteiger partial charge in [-0.1, -0.05) is 29.0 Å². The molecular weight excluding hydrogens is 409 g/mol. The molecule has 0 radical (unpaired) electrons. The van der Waals surface area contributed by atoms with Gasteiger partial charge in [0.25, 0.3) is 5.91 Å². The summed E-state index contributed by atoms with van der Waals surface area (Å²) in [6.07, 6.45) is 4.92. The first-order chi connectivity index (χ1) is 15.5. The Hall–Kier alpha value is -3.88. The van der Waals surface area contributed by atoms with Crippen LogP contribution in [-0.4, -0.2) is 53.4 Å². The normalized spacial score (nSPS) is 12.0. The molecule has 4 aromatic rings. The van der Waals surface area contributed by atoms with E-state index < -0.39 is 0 Å². The minimum Gasteiger partial charge on any atom is -0.334 e. The first-order valence-corrected chi connectivity index (χ1v) is 10.4. The lowest BCUT2D eigenvalue weighted by Gasteiger charge is -2.28. The van der Waals surface area contributed by atoms with E-state index >= 15 is 0 Å². The molecule has 32 heavy (non-hydrogen) atoms. The van der Waals surface area contributed by atoms with Crippen LogP contribution in [0.1, 0.15) is 29.8 Å². The zero-order chi connectivity index (χ0) is 22.7. The summed E-state index contributed by atoms with van der Waals surface area (Å²) in [7, 11) is 0. The Bertz CT molecular complexity index is 1220. The molecule has 0 spiro atoms. The molecule has 0 saturated heterocycles. The van der Waals surface area contributed by atoms with E-state index in [1.165, 1.54) is 16.9 Å². The maximum atomic E-state index is 13.5. The van der Waals surface area contributed by atoms with E-state index in [0.29, 0.717) is 35.6 Å². The van der Waals surface area contributed by atoms with Gasteiger partial charge in [0.15, 0.2) is 0 Å². The summed E-state index contributed by atoms with van der Waals surface area (Å²) in [5.74, 6) is -0.435. The van der Waals surface area contributed by atoms with Crippen LogP contribution in [0, 0.1) is 12.7 Å². The third-order valence-corrected chi connectivity index (χ3v) is 5.26. The predicted molar refractivity (Wildman–Crippen MR) is 118 cm³/mol. The topological polar surface area (TPSA) is 81.7 Å². The SMILES string of the molecule is CCN(C(=O)c1cc(C)ccc1-n1nccn1)[C@@H](C)Cn1cc(-c2cccc(F)c2)nn1. The number of aryl methyl sites for hydroxylation is 1. The van der Waals surface area contributed by atoms with Crippen LogP contribution in [0.5, 0.6) is 0 Å². The minimum absolute atomic E-state index is 0.110. The van der Waals surface area contributed by atoms with Crippen molar-refractivity contribution < 1.29 is 9.18 Å². The molecule has 0 N–H and O–H groups in total. The first kappa shape index (κ1) is 21.4. The van der Waals surface area contributed by atoms with E-state index in [1.807, 2.05) is 39.0 Å². The fourth-order valence-corrected chi connectivity index (χ4v) is 3.68. The molecule has 1 atom stereocenters. The number of hydrogen-bond acceptors (Lipinski definition) is 5. The van der Waals surface area contributed by atoms with Gasteiger partial charge in [0, 0.05) is 18.2 Å². The van der Waals surface area contributed by atoms with Crippen molar-refractivity contribution in [2.45, 2.75) is 33.4 Å². The van der Waals surface area contributed by atoms with Gasteiger partial charge in [-0.05, 0) is 45.0 Å². The Morgan fingerprint density at radius 3 is 2.66 bits per heavy atom. The summed E-state index contributed by atoms with van der Waals surface area (Å²) >= 11 is 0. The Labute approximate surface area is 185 Å². The van der Waals surface area contributed by atoms with Gasteiger partial charge < -0.3 is 4.90 Å². The van der Waals surface area contributed by atoms with E-state index in [2.05, 4.69) is 20.5 Å². The van der Waals surface area contributed by atoms with Crippen LogP contribution in [0.3, 0.4) is 0 Å². The Balaban J connectivity index is 1.56. The monoisotopic (exact) mass is 433 g/mol. The minimum atomic E-state index is -0.325. The number of halogens is 1. The smallest absolute Gasteiger partial charge is 0.256 e. The Morgan fingerprint density at radius 1 is 1.16 bits per heavy atom. The molecule has 0 aliphatic carbocycles. The number of hydrogen-bond donors (Lipinski definition) is 0. The summed E-state index contributed by atoms with van der Waals surface area (Å²) in [6.45, 7) is 6.82. The van der Waals surface area contributed by atoms with E-state index in [9.17, 15) is 9.18 Å². The van der Waals surface area contributed by atoms with E-state index in [1.54, 1.807) is 40.3 Å². The maximum absolute atomic E-state index is 13.5. The van der Waals surface area contributed by atoms with Crippen molar-refractivity contribution in [1.29, 1.82) is 0 Å². The summed E-state index contributed by atoms with van der Waals surface area (Å²) in [4.78, 5) is 16.7. The second-order valence-corrected chi connectivity index (χ2v) is 7.62. The average molecular weight is 433 g/mol. The fraction of sp³-hybridized carbons (Fsp3) is 0.261. The zero-order valence-corrected chi connectivity index (χ0v) is 18.2. The quantitative estimate of drug-likeness (QED) is 0.445. The van der Waals surface area contributed by atoms with Gasteiger partial charge in [0.05, 0.1) is 36.4 Å². The van der Waals surface area contributed by atoms with Gasteiger partial charge in [0.1, 0.15) is 11.5 Å². The number of rotatable bonds is 7. The average Bonchev–Trinajstić information content (AvgIpc) is 3.46. The number of benzene rings is 2. The second kappa shape index (κ2) is 9.09. The molecule has 9 heteroatoms. The zero-order valence-electron chi connectivity index (χ0n) is 18.2. The number of carbonyl (C=O) groups excluding carboxylic acids is 1. The van der Waals surface area contributed by atoms with Gasteiger partial charge in [-0.2, -0.15) is 15.0 Å². The lowest BCUT2D eigenvalue weighted by molar-refractivity contribution is 0.0684. The van der Waals surface area contributed by atoms with Crippen molar-refractivity contribution in [3.63, 3.8) is 0 Å². The summed E-state index contributed by atoms with van der Waals surface area (Å²) < 4.78 is 15.2. The molecule has 2 aromatic carbocycles. The van der Waals surface area contributed by atoms with E-state index in [4.69, 9.17) is 0 Å². The molecule has 2 aromatic heterocycles. The van der Waals surface area contributed by atoms with Crippen LogP contribution >= 0.6 is 0 Å². The van der Waals surface area contributed by atoms with Crippen LogP contribution in [-0.2, 0) is 6.54 Å². The number of likely N-dealkylation sites (N-methyl/N-ethyl adjacent to an activating group) is 1. The van der Waals surface area contributed by atoms with Gasteiger partial charge in [-0.15, -0.1) is 5.10 Å². The highest BCUT2D eigenvalue weighted by Crippen LogP contribution is 2.20. The molecule has 164 valence electrons. The molecule has 0 aliphatic rings. The summed E-state index contributed by atoms with van der Waals surface area (Å²) in [6, 6.07) is 11.7. The highest BCUT2D eigenvalue weighted by Gasteiger charge is 2.24. The molecule has 1 amide bonds. The van der Waals surface area contributed by atoms with Gasteiger partial charge >= 0.3 is 0 Å². The molecular formula is C23H24FN7O. The lowest BCUT2D eigenvalue weighted by atomic mass is 10.1. The molecule has 0 saturated carbocycles. The molecule has 0 unspecified atom stereocenters. The van der Waals surface area contributed by atoms with Crippen LogP contribution in [0.4, 0.5) is 4.39 Å². The maximum Gasteiger partial charge on any atom is 0.256 e. The molecule has 4 rings (SSSR count). The standard InChI is InChI=1S/C23H24FN7O/c1-4-30(23(32)20-12-16(2)8-9-22(20)31-25-10-11-26-31)17(3)14-29-15-21(27-28-29)18-6-5-7-19(24)13-18/h5-13,15,17H,4,14H2,1-3H3/t17-/m0/s1. The number of carbonyl (C=O) groups is 1. The molecule has 2 heterocycles. The third-order valence-electron chi connectivity index (χ3n) is 5.26. The van der Waals surface area contributed by atoms with Crippen molar-refractivity contribution in [2.24, 2.45) is 0 Å². The number of aromatic nitrogens is 6. The number of amides is 1. The van der Waals surface area contributed by atoms with Crippen molar-refractivity contribution in [3.8, 4) is 16.9 Å². The van der Waals surface area contributed by atoms with Crippen molar-refractivity contribution in [2.75, 3.05) is 6.54 Å². The molecule has 0 fully saturated rings. The Kier molecular flexibility index (Phi) is 6.07. The van der Waals surface area contributed by atoms with Crippen LogP contribution in [0.25, 0.3) is 16.9 Å². The Morgan fingerprint density at radius 2 is 1.94 bits per heavy atom. The predicted octanol–water partition coefficient (Wildman–Crippen LogP) is 3.52. The van der Waals surface area contributed by atoms with E-state index in [-0.39, 0.29) is 17.8 Å². The van der Waals surface area contributed by atoms with Crippen molar-refractivity contribution in [1.82, 2.24) is 34.9 Å². The number of nitrogens with zero attached hydrogens (tertiary/aromatic N) is 7. The van der Waals surface area contributed by atoms with Gasteiger partial charge in [-0.3, -0.25) is 4.79 Å². The van der Waals surface area contributed by atoms with E-state index in [0.717, 1.165) is 5.56 Å². The van der Waals surface area contributed by atoms with Crippen LogP contribution < -0.4 is 0 Å². The van der Waals surface area contributed by atoms with Gasteiger partial charge in [0.2, 0.25) is 0 Å². The molecule has 0 bridgehead atoms. The lowest BCUT2D eigenvalue weighted by Crippen LogP contribution is -2.41. The highest BCUT2D eigenvalue weighted by molar-refractivity contribution is 5.98. The van der Waals surface area contributed by atoms with Crippen LogP contribution in [0.2, 0.25) is 0 Å². The first-order valence-electron chi connectivity index (χ1n) is 10.4. The van der Waals surface area contributed by atoms with Crippen LogP contribution in [0.15, 0.2) is 61.1 Å². The van der Waals surface area contributed by atoms with Crippen molar-refractivity contribution in [3.05, 3.63) is 78.0 Å².